The monoisotopic (exact) mass is 494 g/mol. The van der Waals surface area contributed by atoms with E-state index in [1.165, 1.54) is 16.4 Å². The molecule has 0 atom stereocenters. The maximum absolute atomic E-state index is 13.3. The first kappa shape index (κ1) is 24.7. The van der Waals surface area contributed by atoms with Gasteiger partial charge in [-0.15, -0.1) is 0 Å². The van der Waals surface area contributed by atoms with Crippen LogP contribution in [0.3, 0.4) is 0 Å². The van der Waals surface area contributed by atoms with Gasteiger partial charge in [0.2, 0.25) is 15.9 Å². The van der Waals surface area contributed by atoms with Crippen LogP contribution in [-0.4, -0.2) is 42.7 Å². The molecule has 2 fully saturated rings. The molecule has 0 bridgehead atoms. The Morgan fingerprint density at radius 2 is 1.62 bits per heavy atom. The second-order valence-electron chi connectivity index (χ2n) is 9.34. The van der Waals surface area contributed by atoms with Crippen molar-refractivity contribution in [3.63, 3.8) is 0 Å². The number of halogens is 3. The molecule has 1 saturated heterocycles. The lowest BCUT2D eigenvalue weighted by molar-refractivity contribution is -0.139. The van der Waals surface area contributed by atoms with Crippen molar-refractivity contribution in [3.8, 4) is 0 Å². The largest absolute Gasteiger partial charge is 0.416 e. The number of rotatable bonds is 6. The van der Waals surface area contributed by atoms with E-state index in [-0.39, 0.29) is 37.5 Å². The minimum Gasteiger partial charge on any atom is -0.335 e. The summed E-state index contributed by atoms with van der Waals surface area (Å²) >= 11 is 0. The molecule has 5 nitrogen and oxygen atoms in total. The lowest BCUT2D eigenvalue weighted by Crippen LogP contribution is -2.45. The van der Waals surface area contributed by atoms with E-state index in [2.05, 4.69) is 0 Å². The van der Waals surface area contributed by atoms with Gasteiger partial charge in [-0.05, 0) is 68.9 Å². The summed E-state index contributed by atoms with van der Waals surface area (Å²) in [6.45, 7) is 4.50. The normalized spacial score (nSPS) is 18.1. The number of hydrogen-bond donors (Lipinski definition) is 0. The fraction of sp³-hybridized carbons (Fsp3) is 0.480. The SMILES string of the molecule is Cc1ccc(S(=O)(=O)N2CCC(C(=O)N(Cc3ccc(C(F)(F)F)cc3)C3CC3)CC2)c(C)c1. The average molecular weight is 495 g/mol. The maximum atomic E-state index is 13.3. The number of hydrogen-bond acceptors (Lipinski definition) is 3. The van der Waals surface area contributed by atoms with Crippen molar-refractivity contribution in [1.82, 2.24) is 9.21 Å². The van der Waals surface area contributed by atoms with E-state index in [1.807, 2.05) is 13.0 Å². The summed E-state index contributed by atoms with van der Waals surface area (Å²) in [5, 5.41) is 0. The zero-order valence-corrected chi connectivity index (χ0v) is 20.1. The summed E-state index contributed by atoms with van der Waals surface area (Å²) < 4.78 is 66.3. The van der Waals surface area contributed by atoms with Crippen LogP contribution in [0.25, 0.3) is 0 Å². The average Bonchev–Trinajstić information content (AvgIpc) is 3.62. The predicted octanol–water partition coefficient (Wildman–Crippen LogP) is 4.91. The Morgan fingerprint density at radius 1 is 1.00 bits per heavy atom. The van der Waals surface area contributed by atoms with Crippen molar-refractivity contribution < 1.29 is 26.4 Å². The minimum atomic E-state index is -4.39. The molecule has 1 aliphatic carbocycles. The number of nitrogens with zero attached hydrogens (tertiary/aromatic N) is 2. The quantitative estimate of drug-likeness (QED) is 0.573. The Labute approximate surface area is 198 Å². The predicted molar refractivity (Wildman–Crippen MR) is 122 cm³/mol. The molecule has 0 N–H and O–H groups in total. The Hall–Kier alpha value is -2.39. The number of aryl methyl sites for hydroxylation is 2. The third-order valence-corrected chi connectivity index (χ3v) is 8.72. The molecule has 2 aromatic carbocycles. The van der Waals surface area contributed by atoms with Gasteiger partial charge in [0.05, 0.1) is 10.5 Å². The van der Waals surface area contributed by atoms with E-state index in [1.54, 1.807) is 24.0 Å². The summed E-state index contributed by atoms with van der Waals surface area (Å²) in [5.74, 6) is -0.327. The van der Waals surface area contributed by atoms with Crippen LogP contribution in [0.5, 0.6) is 0 Å². The first-order valence-corrected chi connectivity index (χ1v) is 12.9. The molecule has 9 heteroatoms. The smallest absolute Gasteiger partial charge is 0.335 e. The molecule has 0 unspecified atom stereocenters. The Balaban J connectivity index is 1.41. The maximum Gasteiger partial charge on any atom is 0.416 e. The van der Waals surface area contributed by atoms with Gasteiger partial charge in [0.1, 0.15) is 0 Å². The van der Waals surface area contributed by atoms with Gasteiger partial charge in [0, 0.05) is 31.6 Å². The van der Waals surface area contributed by atoms with Gasteiger partial charge in [-0.2, -0.15) is 17.5 Å². The first-order valence-electron chi connectivity index (χ1n) is 11.5. The number of sulfonamides is 1. The van der Waals surface area contributed by atoms with Crippen molar-refractivity contribution in [2.75, 3.05) is 13.1 Å². The van der Waals surface area contributed by atoms with E-state index >= 15 is 0 Å². The fourth-order valence-electron chi connectivity index (χ4n) is 4.57. The molecule has 1 amide bonds. The number of benzene rings is 2. The van der Waals surface area contributed by atoms with Crippen LogP contribution in [0.15, 0.2) is 47.4 Å². The number of carbonyl (C=O) groups excluding carboxylic acids is 1. The Morgan fingerprint density at radius 3 is 2.15 bits per heavy atom. The van der Waals surface area contributed by atoms with Gasteiger partial charge in [-0.25, -0.2) is 8.42 Å². The van der Waals surface area contributed by atoms with Crippen LogP contribution >= 0.6 is 0 Å². The number of carbonyl (C=O) groups is 1. The highest BCUT2D eigenvalue weighted by atomic mass is 32.2. The molecule has 2 aromatic rings. The summed E-state index contributed by atoms with van der Waals surface area (Å²) in [5.41, 5.74) is 1.64. The molecule has 4 rings (SSSR count). The molecule has 1 aliphatic heterocycles. The van der Waals surface area contributed by atoms with Gasteiger partial charge >= 0.3 is 6.18 Å². The fourth-order valence-corrected chi connectivity index (χ4v) is 6.25. The highest BCUT2D eigenvalue weighted by Crippen LogP contribution is 2.34. The van der Waals surface area contributed by atoms with E-state index < -0.39 is 21.8 Å². The summed E-state index contributed by atoms with van der Waals surface area (Å²) in [6, 6.07) is 10.3. The highest BCUT2D eigenvalue weighted by Gasteiger charge is 2.39. The molecule has 34 heavy (non-hydrogen) atoms. The molecular formula is C25H29F3N2O3S. The summed E-state index contributed by atoms with van der Waals surface area (Å²) in [6.07, 6.45) is -1.77. The van der Waals surface area contributed by atoms with E-state index in [4.69, 9.17) is 0 Å². The summed E-state index contributed by atoms with van der Waals surface area (Å²) in [4.78, 5) is 15.4. The van der Waals surface area contributed by atoms with E-state index in [9.17, 15) is 26.4 Å². The molecule has 0 aromatic heterocycles. The zero-order chi connectivity index (χ0) is 24.7. The second-order valence-corrected chi connectivity index (χ2v) is 11.2. The summed E-state index contributed by atoms with van der Waals surface area (Å²) in [7, 11) is -3.63. The van der Waals surface area contributed by atoms with Gasteiger partial charge in [-0.1, -0.05) is 29.8 Å². The van der Waals surface area contributed by atoms with Crippen molar-refractivity contribution in [2.24, 2.45) is 5.92 Å². The van der Waals surface area contributed by atoms with E-state index in [0.717, 1.165) is 30.5 Å². The van der Waals surface area contributed by atoms with Gasteiger partial charge in [0.15, 0.2) is 0 Å². The lowest BCUT2D eigenvalue weighted by Gasteiger charge is -2.34. The third kappa shape index (κ3) is 5.30. The van der Waals surface area contributed by atoms with Crippen molar-refractivity contribution in [1.29, 1.82) is 0 Å². The van der Waals surface area contributed by atoms with E-state index in [0.29, 0.717) is 28.9 Å². The van der Waals surface area contributed by atoms with Crippen LogP contribution in [0, 0.1) is 19.8 Å². The number of piperidine rings is 1. The lowest BCUT2D eigenvalue weighted by atomic mass is 9.96. The Kier molecular flexibility index (Phi) is 6.79. The van der Waals surface area contributed by atoms with Gasteiger partial charge in [0.25, 0.3) is 0 Å². The van der Waals surface area contributed by atoms with Crippen LogP contribution in [0.1, 0.15) is 47.9 Å². The topological polar surface area (TPSA) is 57.7 Å². The molecule has 0 radical (unpaired) electrons. The molecular weight excluding hydrogens is 465 g/mol. The first-order chi connectivity index (χ1) is 16.0. The zero-order valence-electron chi connectivity index (χ0n) is 19.3. The number of alkyl halides is 3. The van der Waals surface area contributed by atoms with Crippen LogP contribution in [0.4, 0.5) is 13.2 Å². The highest BCUT2D eigenvalue weighted by molar-refractivity contribution is 7.89. The minimum absolute atomic E-state index is 0.0361. The van der Waals surface area contributed by atoms with Crippen LogP contribution < -0.4 is 0 Å². The molecule has 1 saturated carbocycles. The van der Waals surface area contributed by atoms with Gasteiger partial charge in [-0.3, -0.25) is 4.79 Å². The van der Waals surface area contributed by atoms with Crippen molar-refractivity contribution in [3.05, 3.63) is 64.7 Å². The number of amides is 1. The molecule has 184 valence electrons. The standard InChI is InChI=1S/C25H29F3N2O3S/c1-17-3-10-23(18(2)15-17)34(32,33)29-13-11-20(12-14-29)24(31)30(22-8-9-22)16-19-4-6-21(7-5-19)25(26,27)28/h3-7,10,15,20,22H,8-9,11-14,16H2,1-2H3. The molecule has 0 spiro atoms. The van der Waals surface area contributed by atoms with Gasteiger partial charge < -0.3 is 4.90 Å². The Bertz CT molecular complexity index is 1150. The second kappa shape index (κ2) is 9.34. The molecule has 1 heterocycles. The van der Waals surface area contributed by atoms with Crippen LogP contribution in [0.2, 0.25) is 0 Å². The van der Waals surface area contributed by atoms with Crippen molar-refractivity contribution >= 4 is 15.9 Å². The third-order valence-electron chi connectivity index (χ3n) is 6.66. The molecule has 2 aliphatic rings. The van der Waals surface area contributed by atoms with Crippen molar-refractivity contribution in [2.45, 2.75) is 63.2 Å². The van der Waals surface area contributed by atoms with Crippen LogP contribution in [-0.2, 0) is 27.5 Å².